The third-order valence-electron chi connectivity index (χ3n) is 7.43. The summed E-state index contributed by atoms with van der Waals surface area (Å²) >= 11 is 0. The number of amides is 2. The highest BCUT2D eigenvalue weighted by Gasteiger charge is 2.25. The van der Waals surface area contributed by atoms with E-state index in [2.05, 4.69) is 57.0 Å². The summed E-state index contributed by atoms with van der Waals surface area (Å²) in [4.78, 5) is 24.4. The van der Waals surface area contributed by atoms with Crippen LogP contribution in [0.1, 0.15) is 19.4 Å². The van der Waals surface area contributed by atoms with Crippen LogP contribution in [0.3, 0.4) is 0 Å². The number of methoxy groups -OCH3 is 1. The van der Waals surface area contributed by atoms with Gasteiger partial charge in [0.15, 0.2) is 5.75 Å². The normalized spacial score (nSPS) is 13.5. The zero-order valence-corrected chi connectivity index (χ0v) is 23.4. The van der Waals surface area contributed by atoms with Crippen molar-refractivity contribution in [2.75, 3.05) is 17.7 Å². The first-order chi connectivity index (χ1) is 20.4. The molecule has 42 heavy (non-hydrogen) atoms. The van der Waals surface area contributed by atoms with Crippen LogP contribution in [0.4, 0.5) is 16.2 Å². The number of rotatable bonds is 5. The van der Waals surface area contributed by atoms with Crippen molar-refractivity contribution in [3.05, 3.63) is 96.7 Å². The molecule has 0 bridgehead atoms. The Morgan fingerprint density at radius 1 is 0.929 bits per heavy atom. The number of aromatic nitrogens is 3. The number of fused-ring (bicyclic) bond motifs is 3. The van der Waals surface area contributed by atoms with E-state index in [1.54, 1.807) is 13.2 Å². The van der Waals surface area contributed by atoms with Crippen LogP contribution in [0.2, 0.25) is 0 Å². The number of nitrogens with one attached hydrogen (secondary N) is 4. The number of aromatic amines is 2. The van der Waals surface area contributed by atoms with Crippen molar-refractivity contribution in [1.29, 1.82) is 0 Å². The van der Waals surface area contributed by atoms with Gasteiger partial charge in [-0.05, 0) is 68.0 Å². The topological polar surface area (TPSA) is 104 Å². The standard InChI is InChI=1S/C34H29N5O3/c1-34(2)17-16-24-30(42-34)15-14-28(31(24)41-3)39-33(40)36-22-12-13-27-29(18-22)38-32(37-27)21-10-8-20(9-11-21)25-19-35-26-7-5-4-6-23(25)26/h4-19,35H,1-3H3,(H,37,38)(H2,36,39,40). The van der Waals surface area contributed by atoms with E-state index >= 15 is 0 Å². The number of nitrogens with zero attached hydrogens (tertiary/aromatic N) is 1. The average molecular weight is 556 g/mol. The molecule has 208 valence electrons. The fraction of sp³-hybridized carbons (Fsp3) is 0.118. The van der Waals surface area contributed by atoms with Gasteiger partial charge in [-0.3, -0.25) is 0 Å². The summed E-state index contributed by atoms with van der Waals surface area (Å²) in [6.07, 6.45) is 5.96. The Labute approximate surface area is 242 Å². The lowest BCUT2D eigenvalue weighted by atomic mass is 10.0. The minimum absolute atomic E-state index is 0.391. The molecule has 4 aromatic carbocycles. The van der Waals surface area contributed by atoms with Crippen molar-refractivity contribution in [3.8, 4) is 34.0 Å². The summed E-state index contributed by atoms with van der Waals surface area (Å²) in [5.41, 5.74) is 7.56. The number of urea groups is 1. The maximum Gasteiger partial charge on any atom is 0.323 e. The van der Waals surface area contributed by atoms with Crippen LogP contribution in [-0.4, -0.2) is 33.7 Å². The number of para-hydroxylation sites is 1. The first kappa shape index (κ1) is 25.5. The summed E-state index contributed by atoms with van der Waals surface area (Å²) in [5, 5.41) is 6.99. The predicted octanol–water partition coefficient (Wildman–Crippen LogP) is 8.22. The maximum atomic E-state index is 12.9. The van der Waals surface area contributed by atoms with Crippen LogP contribution < -0.4 is 20.1 Å². The molecule has 1 aliphatic heterocycles. The van der Waals surface area contributed by atoms with Gasteiger partial charge < -0.3 is 30.1 Å². The van der Waals surface area contributed by atoms with Crippen LogP contribution in [0.5, 0.6) is 11.5 Å². The Morgan fingerprint density at radius 2 is 1.74 bits per heavy atom. The van der Waals surface area contributed by atoms with E-state index in [1.807, 2.05) is 68.6 Å². The second-order valence-corrected chi connectivity index (χ2v) is 10.8. The number of hydrogen-bond acceptors (Lipinski definition) is 4. The van der Waals surface area contributed by atoms with E-state index < -0.39 is 11.6 Å². The van der Waals surface area contributed by atoms with Crippen LogP contribution >= 0.6 is 0 Å². The Morgan fingerprint density at radius 3 is 2.57 bits per heavy atom. The number of imidazole rings is 1. The molecule has 0 aliphatic carbocycles. The molecular weight excluding hydrogens is 526 g/mol. The number of anilines is 2. The van der Waals surface area contributed by atoms with E-state index in [9.17, 15) is 4.79 Å². The lowest BCUT2D eigenvalue weighted by Crippen LogP contribution is -2.27. The highest BCUT2D eigenvalue weighted by Crippen LogP contribution is 2.41. The SMILES string of the molecule is COc1c(NC(=O)Nc2ccc3[nH]c(-c4ccc(-c5c[nH]c6ccccc56)cc4)nc3c2)ccc2c1C=CC(C)(C)O2. The third kappa shape index (κ3) is 4.62. The summed E-state index contributed by atoms with van der Waals surface area (Å²) < 4.78 is 11.6. The first-order valence-corrected chi connectivity index (χ1v) is 13.7. The number of ether oxygens (including phenoxy) is 2. The molecule has 7 rings (SSSR count). The molecule has 0 atom stereocenters. The van der Waals surface area contributed by atoms with Gasteiger partial charge in [0.1, 0.15) is 17.2 Å². The summed E-state index contributed by atoms with van der Waals surface area (Å²) in [5.74, 6) is 2.00. The summed E-state index contributed by atoms with van der Waals surface area (Å²) in [6.45, 7) is 3.97. The van der Waals surface area contributed by atoms with Crippen molar-refractivity contribution in [3.63, 3.8) is 0 Å². The van der Waals surface area contributed by atoms with Crippen molar-refractivity contribution >= 4 is 45.4 Å². The Bertz CT molecular complexity index is 2000. The average Bonchev–Trinajstić information content (AvgIpc) is 3.61. The highest BCUT2D eigenvalue weighted by molar-refractivity contribution is 6.02. The summed E-state index contributed by atoms with van der Waals surface area (Å²) in [6, 6.07) is 25.4. The molecule has 2 amide bonds. The molecule has 4 N–H and O–H groups in total. The molecular formula is C34H29N5O3. The molecule has 0 unspecified atom stereocenters. The molecule has 6 aromatic rings. The van der Waals surface area contributed by atoms with E-state index in [4.69, 9.17) is 14.5 Å². The van der Waals surface area contributed by atoms with Gasteiger partial charge in [0.05, 0.1) is 29.4 Å². The Kier molecular flexibility index (Phi) is 5.97. The second-order valence-electron chi connectivity index (χ2n) is 10.8. The third-order valence-corrected chi connectivity index (χ3v) is 7.43. The molecule has 3 heterocycles. The fourth-order valence-corrected chi connectivity index (χ4v) is 5.37. The smallest absolute Gasteiger partial charge is 0.323 e. The van der Waals surface area contributed by atoms with Gasteiger partial charge in [-0.15, -0.1) is 0 Å². The minimum Gasteiger partial charge on any atom is -0.494 e. The van der Waals surface area contributed by atoms with Crippen LogP contribution in [-0.2, 0) is 0 Å². The molecule has 0 saturated heterocycles. The zero-order valence-electron chi connectivity index (χ0n) is 23.4. The summed E-state index contributed by atoms with van der Waals surface area (Å²) in [7, 11) is 1.57. The van der Waals surface area contributed by atoms with E-state index in [0.29, 0.717) is 22.9 Å². The Balaban J connectivity index is 1.08. The van der Waals surface area contributed by atoms with Gasteiger partial charge in [-0.2, -0.15) is 0 Å². The predicted molar refractivity (Wildman–Crippen MR) is 168 cm³/mol. The Hall–Kier alpha value is -5.50. The van der Waals surface area contributed by atoms with Crippen LogP contribution in [0.15, 0.2) is 91.1 Å². The van der Waals surface area contributed by atoms with Crippen molar-refractivity contribution < 1.29 is 14.3 Å². The number of hydrogen-bond donors (Lipinski definition) is 4. The molecule has 0 saturated carbocycles. The molecule has 8 heteroatoms. The zero-order chi connectivity index (χ0) is 28.8. The molecule has 8 nitrogen and oxygen atoms in total. The van der Waals surface area contributed by atoms with Gasteiger partial charge in [0.2, 0.25) is 0 Å². The quantitative estimate of drug-likeness (QED) is 0.172. The molecule has 0 fully saturated rings. The maximum absolute atomic E-state index is 12.9. The van der Waals surface area contributed by atoms with Crippen molar-refractivity contribution in [2.45, 2.75) is 19.4 Å². The number of carbonyl (C=O) groups is 1. The van der Waals surface area contributed by atoms with Gasteiger partial charge in [-0.1, -0.05) is 42.5 Å². The van der Waals surface area contributed by atoms with E-state index in [1.165, 1.54) is 5.39 Å². The fourth-order valence-electron chi connectivity index (χ4n) is 5.37. The lowest BCUT2D eigenvalue weighted by molar-refractivity contribution is 0.158. The largest absolute Gasteiger partial charge is 0.494 e. The van der Waals surface area contributed by atoms with E-state index in [0.717, 1.165) is 44.6 Å². The van der Waals surface area contributed by atoms with Gasteiger partial charge in [0.25, 0.3) is 0 Å². The molecule has 2 aromatic heterocycles. The molecule has 1 aliphatic rings. The van der Waals surface area contributed by atoms with Gasteiger partial charge >= 0.3 is 6.03 Å². The van der Waals surface area contributed by atoms with Gasteiger partial charge in [0, 0.05) is 33.9 Å². The van der Waals surface area contributed by atoms with Crippen LogP contribution in [0.25, 0.3) is 50.5 Å². The minimum atomic E-state index is -0.406. The van der Waals surface area contributed by atoms with Crippen molar-refractivity contribution in [2.24, 2.45) is 0 Å². The highest BCUT2D eigenvalue weighted by atomic mass is 16.5. The monoisotopic (exact) mass is 555 g/mol. The first-order valence-electron chi connectivity index (χ1n) is 13.7. The molecule has 0 spiro atoms. The van der Waals surface area contributed by atoms with Crippen LogP contribution in [0, 0.1) is 0 Å². The number of H-pyrrole nitrogens is 2. The second kappa shape index (κ2) is 9.85. The number of carbonyl (C=O) groups excluding carboxylic acids is 1. The number of benzene rings is 4. The van der Waals surface area contributed by atoms with Gasteiger partial charge in [-0.25, -0.2) is 9.78 Å². The lowest BCUT2D eigenvalue weighted by Gasteiger charge is -2.29. The molecule has 0 radical (unpaired) electrons. The van der Waals surface area contributed by atoms with E-state index in [-0.39, 0.29) is 0 Å². The van der Waals surface area contributed by atoms with Crippen molar-refractivity contribution in [1.82, 2.24) is 15.0 Å².